The van der Waals surface area contributed by atoms with Crippen LogP contribution in [0.4, 0.5) is 0 Å². The summed E-state index contributed by atoms with van der Waals surface area (Å²) in [5, 5.41) is 3.78. The molecular formula is C19H30N2. The average molecular weight is 286 g/mol. The van der Waals surface area contributed by atoms with E-state index in [1.54, 1.807) is 5.57 Å². The predicted molar refractivity (Wildman–Crippen MR) is 90.4 cm³/mol. The van der Waals surface area contributed by atoms with Crippen LogP contribution in [0.3, 0.4) is 0 Å². The van der Waals surface area contributed by atoms with E-state index in [9.17, 15) is 0 Å². The molecular weight excluding hydrogens is 256 g/mol. The molecule has 0 aliphatic heterocycles. The highest BCUT2D eigenvalue weighted by molar-refractivity contribution is 5.33. The summed E-state index contributed by atoms with van der Waals surface area (Å²) in [6, 6.07) is 2.60. The third kappa shape index (κ3) is 4.67. The lowest BCUT2D eigenvalue weighted by molar-refractivity contribution is 0.538. The van der Waals surface area contributed by atoms with E-state index in [0.29, 0.717) is 6.04 Å². The average Bonchev–Trinajstić information content (AvgIpc) is 2.49. The Hall–Kier alpha value is -1.15. The fourth-order valence-electron chi connectivity index (χ4n) is 3.22. The van der Waals surface area contributed by atoms with Gasteiger partial charge in [-0.05, 0) is 62.3 Å². The van der Waals surface area contributed by atoms with Crippen LogP contribution in [0.1, 0.15) is 76.0 Å². The first-order chi connectivity index (χ1) is 10.4. The number of pyridine rings is 1. The van der Waals surface area contributed by atoms with Crippen LogP contribution in [0.15, 0.2) is 30.1 Å². The van der Waals surface area contributed by atoms with Gasteiger partial charge in [0.05, 0.1) is 6.04 Å². The molecule has 0 bridgehead atoms. The Morgan fingerprint density at radius 1 is 1.19 bits per heavy atom. The van der Waals surface area contributed by atoms with Gasteiger partial charge in [0.15, 0.2) is 0 Å². The van der Waals surface area contributed by atoms with E-state index in [1.807, 2.05) is 12.4 Å². The van der Waals surface area contributed by atoms with Gasteiger partial charge >= 0.3 is 0 Å². The molecule has 1 aromatic rings. The van der Waals surface area contributed by atoms with Crippen LogP contribution < -0.4 is 5.32 Å². The zero-order chi connectivity index (χ0) is 14.9. The fourth-order valence-corrected chi connectivity index (χ4v) is 3.22. The Balaban J connectivity index is 2.27. The number of rotatable bonds is 6. The smallest absolute Gasteiger partial charge is 0.0539 e. The Kier molecular flexibility index (Phi) is 6.94. The van der Waals surface area contributed by atoms with E-state index >= 15 is 0 Å². The van der Waals surface area contributed by atoms with E-state index < -0.39 is 0 Å². The van der Waals surface area contributed by atoms with Crippen LogP contribution in [-0.2, 0) is 6.42 Å². The summed E-state index contributed by atoms with van der Waals surface area (Å²) in [5.41, 5.74) is 4.42. The lowest BCUT2D eigenvalue weighted by Gasteiger charge is -2.25. The molecule has 2 nitrogen and oxygen atoms in total. The Morgan fingerprint density at radius 2 is 2.05 bits per heavy atom. The second kappa shape index (κ2) is 8.99. The second-order valence-electron chi connectivity index (χ2n) is 6.05. The number of hydrogen-bond donors (Lipinski definition) is 1. The molecule has 1 aliphatic carbocycles. The highest BCUT2D eigenvalue weighted by atomic mass is 14.9. The molecule has 0 amide bonds. The minimum Gasteiger partial charge on any atom is -0.307 e. The first-order valence-corrected chi connectivity index (χ1v) is 8.71. The summed E-state index contributed by atoms with van der Waals surface area (Å²) in [6.45, 7) is 5.54. The van der Waals surface area contributed by atoms with Gasteiger partial charge in [-0.3, -0.25) is 4.98 Å². The van der Waals surface area contributed by atoms with Crippen LogP contribution in [0.25, 0.3) is 0 Å². The SMILES string of the molecule is CCCNC(/C1=C/CCCCCC1)c1ccncc1CC. The van der Waals surface area contributed by atoms with Gasteiger partial charge in [0.25, 0.3) is 0 Å². The minimum absolute atomic E-state index is 0.390. The van der Waals surface area contributed by atoms with Gasteiger partial charge < -0.3 is 5.32 Å². The predicted octanol–water partition coefficient (Wildman–Crippen LogP) is 4.97. The largest absolute Gasteiger partial charge is 0.307 e. The van der Waals surface area contributed by atoms with E-state index in [0.717, 1.165) is 13.0 Å². The molecule has 0 spiro atoms. The number of aromatic nitrogens is 1. The van der Waals surface area contributed by atoms with Gasteiger partial charge in [0, 0.05) is 12.4 Å². The van der Waals surface area contributed by atoms with Gasteiger partial charge in [0.2, 0.25) is 0 Å². The maximum Gasteiger partial charge on any atom is 0.0539 e. The standard InChI is InChI=1S/C19H30N2/c1-3-13-21-19(17-10-8-6-5-7-9-11-17)18-12-14-20-15-16(18)4-2/h10,12,14-15,19,21H,3-9,11,13H2,1-2H3/b17-10+. The third-order valence-electron chi connectivity index (χ3n) is 4.43. The lowest BCUT2D eigenvalue weighted by atomic mass is 9.89. The van der Waals surface area contributed by atoms with Crippen molar-refractivity contribution in [2.75, 3.05) is 6.54 Å². The normalized spacial score (nSPS) is 20.2. The first-order valence-electron chi connectivity index (χ1n) is 8.71. The number of aryl methyl sites for hydroxylation is 1. The molecule has 2 rings (SSSR count). The second-order valence-corrected chi connectivity index (χ2v) is 6.05. The third-order valence-corrected chi connectivity index (χ3v) is 4.43. The van der Waals surface area contributed by atoms with Gasteiger partial charge in [-0.25, -0.2) is 0 Å². The van der Waals surface area contributed by atoms with Crippen molar-refractivity contribution in [1.29, 1.82) is 0 Å². The summed E-state index contributed by atoms with van der Waals surface area (Å²) >= 11 is 0. The molecule has 0 saturated heterocycles. The summed E-state index contributed by atoms with van der Waals surface area (Å²) in [7, 11) is 0. The molecule has 1 unspecified atom stereocenters. The summed E-state index contributed by atoms with van der Waals surface area (Å²) in [4.78, 5) is 4.31. The monoisotopic (exact) mass is 286 g/mol. The number of hydrogen-bond acceptors (Lipinski definition) is 2. The zero-order valence-electron chi connectivity index (χ0n) is 13.7. The highest BCUT2D eigenvalue weighted by Gasteiger charge is 2.19. The zero-order valence-corrected chi connectivity index (χ0v) is 13.7. The Labute approximate surface area is 130 Å². The fraction of sp³-hybridized carbons (Fsp3) is 0.632. The van der Waals surface area contributed by atoms with Crippen molar-refractivity contribution in [3.63, 3.8) is 0 Å². The topological polar surface area (TPSA) is 24.9 Å². The van der Waals surface area contributed by atoms with Crippen molar-refractivity contribution in [1.82, 2.24) is 10.3 Å². The van der Waals surface area contributed by atoms with Crippen molar-refractivity contribution in [2.45, 2.75) is 71.3 Å². The molecule has 1 heterocycles. The van der Waals surface area contributed by atoms with E-state index in [2.05, 4.69) is 36.3 Å². The minimum atomic E-state index is 0.390. The van der Waals surface area contributed by atoms with Gasteiger partial charge in [-0.1, -0.05) is 38.3 Å². The molecule has 0 aromatic carbocycles. The molecule has 0 saturated carbocycles. The molecule has 116 valence electrons. The van der Waals surface area contributed by atoms with Crippen molar-refractivity contribution >= 4 is 0 Å². The van der Waals surface area contributed by atoms with E-state index in [1.165, 1.54) is 56.1 Å². The van der Waals surface area contributed by atoms with Crippen LogP contribution in [0, 0.1) is 0 Å². The molecule has 1 atom stereocenters. The lowest BCUT2D eigenvalue weighted by Crippen LogP contribution is -2.25. The molecule has 1 N–H and O–H groups in total. The maximum atomic E-state index is 4.31. The summed E-state index contributed by atoms with van der Waals surface area (Å²) in [6.07, 6.45) is 16.7. The number of nitrogens with zero attached hydrogens (tertiary/aromatic N) is 1. The quantitative estimate of drug-likeness (QED) is 0.747. The maximum absolute atomic E-state index is 4.31. The highest BCUT2D eigenvalue weighted by Crippen LogP contribution is 2.30. The summed E-state index contributed by atoms with van der Waals surface area (Å²) < 4.78 is 0. The van der Waals surface area contributed by atoms with Gasteiger partial charge in [-0.2, -0.15) is 0 Å². The molecule has 1 aromatic heterocycles. The van der Waals surface area contributed by atoms with Crippen LogP contribution in [0.5, 0.6) is 0 Å². The number of allylic oxidation sites excluding steroid dienone is 1. The molecule has 2 heteroatoms. The van der Waals surface area contributed by atoms with E-state index in [-0.39, 0.29) is 0 Å². The number of nitrogens with one attached hydrogen (secondary N) is 1. The molecule has 1 aliphatic rings. The van der Waals surface area contributed by atoms with Crippen LogP contribution in [-0.4, -0.2) is 11.5 Å². The van der Waals surface area contributed by atoms with Crippen molar-refractivity contribution in [3.05, 3.63) is 41.2 Å². The molecule has 0 radical (unpaired) electrons. The van der Waals surface area contributed by atoms with Crippen LogP contribution in [0.2, 0.25) is 0 Å². The molecule has 21 heavy (non-hydrogen) atoms. The van der Waals surface area contributed by atoms with Crippen molar-refractivity contribution < 1.29 is 0 Å². The molecule has 0 fully saturated rings. The Morgan fingerprint density at radius 3 is 2.86 bits per heavy atom. The van der Waals surface area contributed by atoms with Crippen molar-refractivity contribution in [3.8, 4) is 0 Å². The van der Waals surface area contributed by atoms with Gasteiger partial charge in [-0.15, -0.1) is 0 Å². The van der Waals surface area contributed by atoms with E-state index in [4.69, 9.17) is 0 Å². The first kappa shape index (κ1) is 16.2. The Bertz CT molecular complexity index is 451. The van der Waals surface area contributed by atoms with Crippen LogP contribution >= 0.6 is 0 Å². The van der Waals surface area contributed by atoms with Crippen molar-refractivity contribution in [2.24, 2.45) is 0 Å². The summed E-state index contributed by atoms with van der Waals surface area (Å²) in [5.74, 6) is 0. The van der Waals surface area contributed by atoms with Gasteiger partial charge in [0.1, 0.15) is 0 Å².